The predicted molar refractivity (Wildman–Crippen MR) is 125 cm³/mol. The fourth-order valence-electron chi connectivity index (χ4n) is 4.50. The van der Waals surface area contributed by atoms with Crippen molar-refractivity contribution in [3.63, 3.8) is 0 Å². The van der Waals surface area contributed by atoms with E-state index in [0.29, 0.717) is 34.6 Å². The topological polar surface area (TPSA) is 105 Å². The first-order valence-corrected chi connectivity index (χ1v) is 11.2. The lowest BCUT2D eigenvalue weighted by atomic mass is 9.93. The van der Waals surface area contributed by atoms with Gasteiger partial charge in [-0.1, -0.05) is 18.2 Å². The molecule has 2 atom stereocenters. The second-order valence-corrected chi connectivity index (χ2v) is 8.36. The number of rotatable bonds is 5. The Bertz CT molecular complexity index is 1340. The maximum atomic E-state index is 15.3. The van der Waals surface area contributed by atoms with E-state index in [1.807, 2.05) is 18.2 Å². The first kappa shape index (κ1) is 21.8. The highest BCUT2D eigenvalue weighted by Crippen LogP contribution is 2.38. The molecule has 0 saturated heterocycles. The van der Waals surface area contributed by atoms with Gasteiger partial charge in [0.25, 0.3) is 0 Å². The number of nitrogens with two attached hydrogens (primary N) is 1. The van der Waals surface area contributed by atoms with Gasteiger partial charge in [0.2, 0.25) is 0 Å². The number of nitrogens with zero attached hydrogens (tertiary/aromatic N) is 4. The molecule has 1 fully saturated rings. The van der Waals surface area contributed by atoms with Crippen molar-refractivity contribution in [3.05, 3.63) is 60.7 Å². The lowest BCUT2D eigenvalue weighted by Gasteiger charge is -2.28. The van der Waals surface area contributed by atoms with E-state index in [1.165, 1.54) is 19.3 Å². The molecule has 1 aliphatic rings. The minimum Gasteiger partial charge on any atom is -0.462 e. The second kappa shape index (κ2) is 9.09. The van der Waals surface area contributed by atoms with E-state index in [0.717, 1.165) is 19.3 Å². The van der Waals surface area contributed by atoms with Crippen LogP contribution in [0.25, 0.3) is 22.3 Å². The summed E-state index contributed by atoms with van der Waals surface area (Å²) >= 11 is 0. The highest BCUT2D eigenvalue weighted by atomic mass is 19.1. The molecular formula is C25H24FN5O3. The zero-order chi connectivity index (χ0) is 23.7. The molecule has 0 spiro atoms. The summed E-state index contributed by atoms with van der Waals surface area (Å²) in [4.78, 5) is 20.0. The van der Waals surface area contributed by atoms with Gasteiger partial charge in [-0.05, 0) is 43.5 Å². The molecule has 4 aromatic rings. The Morgan fingerprint density at radius 2 is 1.94 bits per heavy atom. The van der Waals surface area contributed by atoms with Crippen molar-refractivity contribution in [1.82, 2.24) is 19.7 Å². The maximum absolute atomic E-state index is 15.3. The number of carbonyl (C=O) groups is 1. The summed E-state index contributed by atoms with van der Waals surface area (Å²) in [6.07, 6.45) is 4.30. The van der Waals surface area contributed by atoms with Gasteiger partial charge in [0, 0.05) is 25.0 Å². The first-order valence-electron chi connectivity index (χ1n) is 11.2. The van der Waals surface area contributed by atoms with Crippen molar-refractivity contribution in [3.8, 4) is 22.8 Å². The molecule has 0 unspecified atom stereocenters. The van der Waals surface area contributed by atoms with Crippen LogP contribution in [0.1, 0.15) is 38.6 Å². The highest BCUT2D eigenvalue weighted by molar-refractivity contribution is 5.98. The second-order valence-electron chi connectivity index (χ2n) is 8.36. The molecular weight excluding hydrogens is 437 g/mol. The monoisotopic (exact) mass is 461 g/mol. The van der Waals surface area contributed by atoms with Crippen LogP contribution in [0.5, 0.6) is 11.5 Å². The SMILES string of the molecule is CC(=O)O[C@@H]1CCC[C@@H](n2nc(-c3ccc(Oc4ccccc4)cc3F)c3c(N)ncnc32)C1. The van der Waals surface area contributed by atoms with Crippen LogP contribution in [-0.2, 0) is 9.53 Å². The summed E-state index contributed by atoms with van der Waals surface area (Å²) in [5.41, 5.74) is 7.36. The van der Waals surface area contributed by atoms with Crippen LogP contribution in [-0.4, -0.2) is 31.8 Å². The first-order chi connectivity index (χ1) is 16.5. The van der Waals surface area contributed by atoms with Gasteiger partial charge >= 0.3 is 5.97 Å². The number of anilines is 1. The van der Waals surface area contributed by atoms with Crippen LogP contribution >= 0.6 is 0 Å². The lowest BCUT2D eigenvalue weighted by molar-refractivity contribution is -0.148. The van der Waals surface area contributed by atoms with Crippen LogP contribution in [0.15, 0.2) is 54.9 Å². The van der Waals surface area contributed by atoms with E-state index in [9.17, 15) is 4.79 Å². The van der Waals surface area contributed by atoms with Gasteiger partial charge in [-0.2, -0.15) is 5.10 Å². The smallest absolute Gasteiger partial charge is 0.302 e. The number of para-hydroxylation sites is 1. The van der Waals surface area contributed by atoms with Crippen LogP contribution in [0.3, 0.4) is 0 Å². The largest absolute Gasteiger partial charge is 0.462 e. The van der Waals surface area contributed by atoms with Crippen molar-refractivity contribution >= 4 is 22.8 Å². The number of ether oxygens (including phenoxy) is 2. The average Bonchev–Trinajstić information content (AvgIpc) is 3.20. The number of esters is 1. The summed E-state index contributed by atoms with van der Waals surface area (Å²) in [6.45, 7) is 1.41. The van der Waals surface area contributed by atoms with E-state index >= 15 is 4.39 Å². The Morgan fingerprint density at radius 1 is 1.12 bits per heavy atom. The Kier molecular flexibility index (Phi) is 5.83. The van der Waals surface area contributed by atoms with E-state index < -0.39 is 5.82 Å². The molecule has 2 N–H and O–H groups in total. The Morgan fingerprint density at radius 3 is 2.71 bits per heavy atom. The Labute approximate surface area is 195 Å². The van der Waals surface area contributed by atoms with E-state index in [2.05, 4.69) is 9.97 Å². The summed E-state index contributed by atoms with van der Waals surface area (Å²) in [7, 11) is 0. The number of carbonyl (C=O) groups excluding carboxylic acids is 1. The molecule has 9 heteroatoms. The van der Waals surface area contributed by atoms with Gasteiger partial charge in [0.05, 0.1) is 11.4 Å². The fraction of sp³-hybridized carbons (Fsp3) is 0.280. The molecule has 0 radical (unpaired) electrons. The predicted octanol–water partition coefficient (Wildman–Crippen LogP) is 5.05. The summed E-state index contributed by atoms with van der Waals surface area (Å²) in [5.74, 6) is 0.411. The summed E-state index contributed by atoms with van der Waals surface area (Å²) in [5, 5.41) is 5.24. The molecule has 1 aliphatic carbocycles. The van der Waals surface area contributed by atoms with Crippen molar-refractivity contribution in [2.24, 2.45) is 0 Å². The number of nitrogen functional groups attached to an aromatic ring is 1. The van der Waals surface area contributed by atoms with Gasteiger partial charge < -0.3 is 15.2 Å². The highest BCUT2D eigenvalue weighted by Gasteiger charge is 2.29. The Hall–Kier alpha value is -4.01. The number of halogens is 1. The lowest BCUT2D eigenvalue weighted by Crippen LogP contribution is -2.27. The van der Waals surface area contributed by atoms with Crippen LogP contribution < -0.4 is 10.5 Å². The summed E-state index contributed by atoms with van der Waals surface area (Å²) in [6, 6.07) is 13.7. The fourth-order valence-corrected chi connectivity index (χ4v) is 4.50. The summed E-state index contributed by atoms with van der Waals surface area (Å²) < 4.78 is 28.2. The Balaban J connectivity index is 1.52. The number of aromatic nitrogens is 4. The molecule has 34 heavy (non-hydrogen) atoms. The normalized spacial score (nSPS) is 18.1. The third-order valence-electron chi connectivity index (χ3n) is 5.97. The minimum absolute atomic E-state index is 0.0626. The van der Waals surface area contributed by atoms with E-state index in [-0.39, 0.29) is 29.5 Å². The van der Waals surface area contributed by atoms with Gasteiger partial charge in [0.1, 0.15) is 41.3 Å². The van der Waals surface area contributed by atoms with Crippen LogP contribution in [0.4, 0.5) is 10.2 Å². The number of hydrogen-bond donors (Lipinski definition) is 1. The van der Waals surface area contributed by atoms with Crippen molar-refractivity contribution in [1.29, 1.82) is 0 Å². The zero-order valence-electron chi connectivity index (χ0n) is 18.6. The molecule has 2 heterocycles. The number of hydrogen-bond acceptors (Lipinski definition) is 7. The van der Waals surface area contributed by atoms with Gasteiger partial charge in [-0.25, -0.2) is 19.0 Å². The van der Waals surface area contributed by atoms with E-state index in [1.54, 1.807) is 28.9 Å². The minimum atomic E-state index is -0.496. The molecule has 0 aliphatic heterocycles. The third kappa shape index (κ3) is 4.28. The van der Waals surface area contributed by atoms with Crippen LogP contribution in [0, 0.1) is 5.82 Å². The molecule has 2 aromatic heterocycles. The zero-order valence-corrected chi connectivity index (χ0v) is 18.6. The van der Waals surface area contributed by atoms with Crippen LogP contribution in [0.2, 0.25) is 0 Å². The van der Waals surface area contributed by atoms with Gasteiger partial charge in [-0.15, -0.1) is 0 Å². The molecule has 8 nitrogen and oxygen atoms in total. The van der Waals surface area contributed by atoms with E-state index in [4.69, 9.17) is 20.3 Å². The van der Waals surface area contributed by atoms with Gasteiger partial charge in [0.15, 0.2) is 5.65 Å². The molecule has 1 saturated carbocycles. The third-order valence-corrected chi connectivity index (χ3v) is 5.97. The van der Waals surface area contributed by atoms with Crippen molar-refractivity contribution < 1.29 is 18.7 Å². The molecule has 174 valence electrons. The standard InChI is InChI=1S/C25H24FN5O3/c1-15(32)33-18-9-5-6-16(12-18)31-25-22(24(27)28-14-29-25)23(30-31)20-11-10-19(13-21(20)26)34-17-7-3-2-4-8-17/h2-4,7-8,10-11,13-14,16,18H,5-6,9,12H2,1H3,(H2,27,28,29)/t16-,18-/m1/s1. The number of benzene rings is 2. The molecule has 2 aromatic carbocycles. The number of fused-ring (bicyclic) bond motifs is 1. The maximum Gasteiger partial charge on any atom is 0.302 e. The van der Waals surface area contributed by atoms with Gasteiger partial charge in [-0.3, -0.25) is 4.79 Å². The molecule has 5 rings (SSSR count). The average molecular weight is 461 g/mol. The quantitative estimate of drug-likeness (QED) is 0.415. The molecule has 0 amide bonds. The van der Waals surface area contributed by atoms with Crippen molar-refractivity contribution in [2.75, 3.05) is 5.73 Å². The molecule has 0 bridgehead atoms. The van der Waals surface area contributed by atoms with Crippen molar-refractivity contribution in [2.45, 2.75) is 44.8 Å².